The molecule has 0 saturated carbocycles. The number of carbonyl (C=O) groups is 1. The lowest BCUT2D eigenvalue weighted by atomic mass is 10.1. The number of rotatable bonds is 3. The van der Waals surface area contributed by atoms with E-state index in [4.69, 9.17) is 9.47 Å². The molecule has 1 amide bonds. The highest BCUT2D eigenvalue weighted by Gasteiger charge is 2.23. The third-order valence-corrected chi connectivity index (χ3v) is 4.31. The number of likely N-dealkylation sites (tertiary alicyclic amines) is 1. The van der Waals surface area contributed by atoms with Gasteiger partial charge in [0.1, 0.15) is 11.9 Å². The molecule has 2 heterocycles. The van der Waals surface area contributed by atoms with Crippen molar-refractivity contribution >= 4 is 11.9 Å². The van der Waals surface area contributed by atoms with Crippen LogP contribution in [0.2, 0.25) is 0 Å². The van der Waals surface area contributed by atoms with E-state index in [2.05, 4.69) is 35.6 Å². The topological polar surface area (TPSA) is 54.4 Å². The number of amides is 1. The normalized spacial score (nSPS) is 22.2. The summed E-state index contributed by atoms with van der Waals surface area (Å²) in [6.45, 7) is 12.3. The summed E-state index contributed by atoms with van der Waals surface area (Å²) in [4.78, 5) is 20.9. The molecule has 22 heavy (non-hydrogen) atoms. The van der Waals surface area contributed by atoms with Crippen LogP contribution in [0.3, 0.4) is 0 Å². The van der Waals surface area contributed by atoms with Gasteiger partial charge in [0, 0.05) is 32.1 Å². The van der Waals surface area contributed by atoms with Crippen LogP contribution in [0, 0.1) is 5.92 Å². The number of hydrogen-bond donors (Lipinski definition) is 0. The first-order valence-electron chi connectivity index (χ1n) is 8.44. The van der Waals surface area contributed by atoms with Crippen LogP contribution in [0.5, 0.6) is 0 Å². The summed E-state index contributed by atoms with van der Waals surface area (Å²) in [6, 6.07) is 0. The predicted octanol–water partition coefficient (Wildman–Crippen LogP) is 1.99. The lowest BCUT2D eigenvalue weighted by Crippen LogP contribution is -2.43. The third kappa shape index (κ3) is 4.95. The lowest BCUT2D eigenvalue weighted by molar-refractivity contribution is 0.0558. The van der Waals surface area contributed by atoms with Crippen LogP contribution in [-0.2, 0) is 9.47 Å². The summed E-state index contributed by atoms with van der Waals surface area (Å²) in [5.41, 5.74) is 0. The molecule has 0 bridgehead atoms. The van der Waals surface area contributed by atoms with Crippen LogP contribution in [0.15, 0.2) is 4.99 Å². The van der Waals surface area contributed by atoms with E-state index in [9.17, 15) is 4.79 Å². The first-order valence-corrected chi connectivity index (χ1v) is 8.44. The van der Waals surface area contributed by atoms with Crippen LogP contribution in [0.1, 0.15) is 33.6 Å². The summed E-state index contributed by atoms with van der Waals surface area (Å²) in [5.74, 6) is 1.02. The summed E-state index contributed by atoms with van der Waals surface area (Å²) >= 11 is 0. The van der Waals surface area contributed by atoms with Gasteiger partial charge in [0.2, 0.25) is 0 Å². The summed E-state index contributed by atoms with van der Waals surface area (Å²) in [6.07, 6.45) is 1.38. The van der Waals surface area contributed by atoms with E-state index in [1.807, 2.05) is 0 Å². The summed E-state index contributed by atoms with van der Waals surface area (Å²) in [5, 5.41) is 0. The Bertz CT molecular complexity index is 384. The van der Waals surface area contributed by atoms with E-state index >= 15 is 0 Å². The molecule has 0 N–H and O–H groups in total. The molecule has 0 atom stereocenters. The molecular formula is C16H29N3O3. The van der Waals surface area contributed by atoms with Crippen molar-refractivity contribution < 1.29 is 14.3 Å². The van der Waals surface area contributed by atoms with E-state index < -0.39 is 6.09 Å². The Morgan fingerprint density at radius 1 is 1.23 bits per heavy atom. The molecule has 0 spiro atoms. The molecule has 6 nitrogen and oxygen atoms in total. The smallest absolute Gasteiger partial charge is 0.435 e. The standard InChI is InChI=1S/C16H29N3O3/c1-4-18-7-5-14(6-8-18)22-16(20)17-15(13(2)3)19-9-11-21-12-10-19/h13-14H,4-12H2,1-3H3. The molecule has 0 radical (unpaired) electrons. The first-order chi connectivity index (χ1) is 10.6. The highest BCUT2D eigenvalue weighted by atomic mass is 16.6. The summed E-state index contributed by atoms with van der Waals surface area (Å²) < 4.78 is 10.9. The van der Waals surface area contributed by atoms with Crippen LogP contribution in [0.4, 0.5) is 4.79 Å². The Morgan fingerprint density at radius 2 is 1.86 bits per heavy atom. The van der Waals surface area contributed by atoms with E-state index in [1.165, 1.54) is 0 Å². The van der Waals surface area contributed by atoms with Gasteiger partial charge in [-0.3, -0.25) is 0 Å². The van der Waals surface area contributed by atoms with Gasteiger partial charge in [-0.25, -0.2) is 4.79 Å². The van der Waals surface area contributed by atoms with Crippen molar-refractivity contribution in [3.63, 3.8) is 0 Å². The van der Waals surface area contributed by atoms with Gasteiger partial charge >= 0.3 is 6.09 Å². The van der Waals surface area contributed by atoms with Gasteiger partial charge in [-0.15, -0.1) is 0 Å². The molecule has 0 aliphatic carbocycles. The van der Waals surface area contributed by atoms with Crippen molar-refractivity contribution in [1.82, 2.24) is 9.80 Å². The largest absolute Gasteiger partial charge is 0.444 e. The fourth-order valence-electron chi connectivity index (χ4n) is 2.96. The van der Waals surface area contributed by atoms with Crippen LogP contribution in [0.25, 0.3) is 0 Å². The number of carbonyl (C=O) groups excluding carboxylic acids is 1. The van der Waals surface area contributed by atoms with Crippen molar-refractivity contribution in [2.75, 3.05) is 45.9 Å². The molecule has 2 saturated heterocycles. The van der Waals surface area contributed by atoms with Crippen LogP contribution < -0.4 is 0 Å². The minimum atomic E-state index is -0.440. The van der Waals surface area contributed by atoms with Crippen LogP contribution in [-0.4, -0.2) is 73.8 Å². The van der Waals surface area contributed by atoms with E-state index in [1.54, 1.807) is 0 Å². The van der Waals surface area contributed by atoms with Gasteiger partial charge < -0.3 is 19.3 Å². The van der Waals surface area contributed by atoms with Gasteiger partial charge in [0.25, 0.3) is 0 Å². The van der Waals surface area contributed by atoms with Gasteiger partial charge in [0.15, 0.2) is 0 Å². The Balaban J connectivity index is 1.89. The zero-order chi connectivity index (χ0) is 15.9. The molecule has 0 aromatic carbocycles. The quantitative estimate of drug-likeness (QED) is 0.589. The molecule has 0 unspecified atom stereocenters. The predicted molar refractivity (Wildman–Crippen MR) is 86.3 cm³/mol. The summed E-state index contributed by atoms with van der Waals surface area (Å²) in [7, 11) is 0. The second-order valence-corrected chi connectivity index (χ2v) is 6.24. The molecule has 2 aliphatic heterocycles. The Hall–Kier alpha value is -1.14. The zero-order valence-corrected chi connectivity index (χ0v) is 14.1. The van der Waals surface area contributed by atoms with E-state index in [0.717, 1.165) is 51.4 Å². The number of hydrogen-bond acceptors (Lipinski definition) is 4. The first kappa shape index (κ1) is 17.2. The maximum Gasteiger partial charge on any atom is 0.435 e. The molecule has 0 aromatic rings. The average molecular weight is 311 g/mol. The van der Waals surface area contributed by atoms with Crippen molar-refractivity contribution in [3.05, 3.63) is 0 Å². The van der Waals surface area contributed by atoms with E-state index in [-0.39, 0.29) is 12.0 Å². The third-order valence-electron chi connectivity index (χ3n) is 4.31. The molecule has 0 aromatic heterocycles. The monoisotopic (exact) mass is 311 g/mol. The van der Waals surface area contributed by atoms with Gasteiger partial charge in [-0.1, -0.05) is 20.8 Å². The molecular weight excluding hydrogens is 282 g/mol. The number of piperidine rings is 1. The second kappa shape index (κ2) is 8.48. The number of ether oxygens (including phenoxy) is 2. The average Bonchev–Trinajstić information content (AvgIpc) is 2.54. The molecule has 6 heteroatoms. The second-order valence-electron chi connectivity index (χ2n) is 6.24. The van der Waals surface area contributed by atoms with Gasteiger partial charge in [-0.05, 0) is 19.4 Å². The number of amidine groups is 1. The fraction of sp³-hybridized carbons (Fsp3) is 0.875. The van der Waals surface area contributed by atoms with Gasteiger partial charge in [0.05, 0.1) is 13.2 Å². The maximum absolute atomic E-state index is 12.1. The van der Waals surface area contributed by atoms with Crippen molar-refractivity contribution in [2.24, 2.45) is 10.9 Å². The highest BCUT2D eigenvalue weighted by Crippen LogP contribution is 2.15. The zero-order valence-electron chi connectivity index (χ0n) is 14.1. The van der Waals surface area contributed by atoms with Crippen molar-refractivity contribution in [1.29, 1.82) is 0 Å². The van der Waals surface area contributed by atoms with Crippen LogP contribution >= 0.6 is 0 Å². The molecule has 126 valence electrons. The number of nitrogens with zero attached hydrogens (tertiary/aromatic N) is 3. The fourth-order valence-corrected chi connectivity index (χ4v) is 2.96. The molecule has 2 fully saturated rings. The SMILES string of the molecule is CCN1CCC(OC(=O)N=C(C(C)C)N2CCOCC2)CC1. The van der Waals surface area contributed by atoms with E-state index in [0.29, 0.717) is 13.2 Å². The van der Waals surface area contributed by atoms with Crippen molar-refractivity contribution in [3.8, 4) is 0 Å². The Kier molecular flexibility index (Phi) is 6.64. The minimum absolute atomic E-state index is 0.0113. The minimum Gasteiger partial charge on any atom is -0.444 e. The maximum atomic E-state index is 12.1. The Labute approximate surface area is 133 Å². The Morgan fingerprint density at radius 3 is 2.41 bits per heavy atom. The molecule has 2 rings (SSSR count). The van der Waals surface area contributed by atoms with Crippen molar-refractivity contribution in [2.45, 2.75) is 39.7 Å². The number of aliphatic imine (C=N–C) groups is 1. The van der Waals surface area contributed by atoms with Gasteiger partial charge in [-0.2, -0.15) is 4.99 Å². The molecule has 2 aliphatic rings. The highest BCUT2D eigenvalue weighted by molar-refractivity contribution is 5.93. The number of morpholine rings is 1. The lowest BCUT2D eigenvalue weighted by Gasteiger charge is -2.32.